The number of halogens is 1. The molecule has 1 aromatic carbocycles. The van der Waals surface area contributed by atoms with E-state index in [1.165, 1.54) is 30.6 Å². The van der Waals surface area contributed by atoms with Crippen molar-refractivity contribution < 1.29 is 17.6 Å². The van der Waals surface area contributed by atoms with Crippen LogP contribution in [0.25, 0.3) is 16.6 Å². The topological polar surface area (TPSA) is 110 Å². The predicted octanol–water partition coefficient (Wildman–Crippen LogP) is 3.17. The summed E-state index contributed by atoms with van der Waals surface area (Å²) in [5.74, 6) is -0.716. The van der Waals surface area contributed by atoms with Crippen LogP contribution >= 0.6 is 0 Å². The van der Waals surface area contributed by atoms with Crippen molar-refractivity contribution in [3.63, 3.8) is 0 Å². The lowest BCUT2D eigenvalue weighted by Crippen LogP contribution is -2.28. The number of pyridine rings is 1. The van der Waals surface area contributed by atoms with E-state index in [-0.39, 0.29) is 16.6 Å². The zero-order valence-electron chi connectivity index (χ0n) is 16.8. The monoisotopic (exact) mass is 441 g/mol. The van der Waals surface area contributed by atoms with Crippen LogP contribution in [0.2, 0.25) is 0 Å². The second-order valence-corrected chi connectivity index (χ2v) is 9.17. The van der Waals surface area contributed by atoms with Crippen molar-refractivity contribution in [1.82, 2.24) is 25.1 Å². The summed E-state index contributed by atoms with van der Waals surface area (Å²) in [4.78, 5) is 20.3. The number of amides is 1. The first-order valence-corrected chi connectivity index (χ1v) is 11.4. The fraction of sp³-hybridized carbons (Fsp3) is 0.190. The summed E-state index contributed by atoms with van der Waals surface area (Å²) in [5.41, 5.74) is 2.17. The second kappa shape index (κ2) is 7.95. The number of fused-ring (bicyclic) bond motifs is 1. The van der Waals surface area contributed by atoms with Crippen LogP contribution in [0.15, 0.2) is 60.0 Å². The highest BCUT2D eigenvalue weighted by molar-refractivity contribution is 7.90. The molecule has 0 saturated heterocycles. The fourth-order valence-corrected chi connectivity index (χ4v) is 3.97. The Labute approximate surface area is 178 Å². The largest absolute Gasteiger partial charge is 0.362 e. The van der Waals surface area contributed by atoms with Crippen molar-refractivity contribution >= 4 is 26.6 Å². The molecule has 0 unspecified atom stereocenters. The van der Waals surface area contributed by atoms with Gasteiger partial charge in [-0.05, 0) is 36.8 Å². The second-order valence-electron chi connectivity index (χ2n) is 7.15. The summed E-state index contributed by atoms with van der Waals surface area (Å²) in [6.45, 7) is 1.89. The molecule has 3 heterocycles. The molecule has 3 aromatic heterocycles. The third kappa shape index (κ3) is 4.06. The van der Waals surface area contributed by atoms with Crippen molar-refractivity contribution in [1.29, 1.82) is 0 Å². The van der Waals surface area contributed by atoms with Gasteiger partial charge in [0, 0.05) is 29.7 Å². The minimum Gasteiger partial charge on any atom is -0.362 e. The first-order chi connectivity index (χ1) is 14.8. The lowest BCUT2D eigenvalue weighted by molar-refractivity contribution is 0.0936. The first-order valence-electron chi connectivity index (χ1n) is 9.55. The molecule has 0 bridgehead atoms. The summed E-state index contributed by atoms with van der Waals surface area (Å²) in [6.07, 6.45) is 7.69. The van der Waals surface area contributed by atoms with Crippen LogP contribution in [0.5, 0.6) is 0 Å². The average molecular weight is 441 g/mol. The first kappa shape index (κ1) is 20.7. The van der Waals surface area contributed by atoms with Gasteiger partial charge in [0.1, 0.15) is 5.82 Å². The van der Waals surface area contributed by atoms with Gasteiger partial charge >= 0.3 is 0 Å². The Morgan fingerprint density at radius 1 is 1.23 bits per heavy atom. The van der Waals surface area contributed by atoms with E-state index in [4.69, 9.17) is 0 Å². The minimum absolute atomic E-state index is 0.166. The Bertz CT molecular complexity index is 1360. The molecule has 0 aliphatic carbocycles. The molecule has 0 fully saturated rings. The van der Waals surface area contributed by atoms with Crippen LogP contribution in [0, 0.1) is 5.82 Å². The zero-order valence-corrected chi connectivity index (χ0v) is 17.6. The van der Waals surface area contributed by atoms with E-state index >= 15 is 0 Å². The number of benzene rings is 1. The van der Waals surface area contributed by atoms with Gasteiger partial charge in [0.2, 0.25) is 0 Å². The van der Waals surface area contributed by atoms with Crippen molar-refractivity contribution in [2.24, 2.45) is 0 Å². The van der Waals surface area contributed by atoms with Gasteiger partial charge < -0.3 is 10.3 Å². The van der Waals surface area contributed by atoms with Crippen LogP contribution in [-0.4, -0.2) is 40.3 Å². The lowest BCUT2D eigenvalue weighted by atomic mass is 10.1. The third-order valence-electron chi connectivity index (χ3n) is 5.01. The number of rotatable bonds is 6. The summed E-state index contributed by atoms with van der Waals surface area (Å²) in [7, 11) is -3.35. The van der Waals surface area contributed by atoms with E-state index in [1.807, 2.05) is 6.92 Å². The fourth-order valence-electron chi connectivity index (χ4n) is 3.35. The number of nitrogens with zero attached hydrogens (tertiary/aromatic N) is 3. The average Bonchev–Trinajstić information content (AvgIpc) is 3.39. The van der Waals surface area contributed by atoms with Gasteiger partial charge in [-0.3, -0.25) is 9.78 Å². The molecule has 1 amide bonds. The summed E-state index contributed by atoms with van der Waals surface area (Å²) in [5, 5.41) is 7.84. The van der Waals surface area contributed by atoms with E-state index in [0.717, 1.165) is 6.26 Å². The number of sulfone groups is 1. The van der Waals surface area contributed by atoms with Crippen molar-refractivity contribution in [3.8, 4) is 5.69 Å². The number of hydrogen-bond acceptors (Lipinski definition) is 5. The SMILES string of the molecule is CC[C@H](NC(=O)c1cncc2c1cnn2-c1ccc(F)cc1)c1cc(S(C)(=O)=O)c[nH]1. The van der Waals surface area contributed by atoms with Crippen molar-refractivity contribution in [2.45, 2.75) is 24.3 Å². The number of hydrogen-bond donors (Lipinski definition) is 2. The standard InChI is InChI=1S/C21H20FN5O3S/c1-3-18(19-8-15(9-24-19)31(2,29)30)26-21(28)17-10-23-12-20-16(17)11-25-27(20)14-6-4-13(22)5-7-14/h4-12,18,24H,3H2,1-2H3,(H,26,28)/t18-/m0/s1. The Morgan fingerprint density at radius 2 is 1.97 bits per heavy atom. The number of carbonyl (C=O) groups is 1. The Balaban J connectivity index is 1.64. The Kier molecular flexibility index (Phi) is 5.32. The maximum absolute atomic E-state index is 13.2. The molecule has 4 rings (SSSR count). The number of H-pyrrole nitrogens is 1. The number of aromatic nitrogens is 4. The molecular formula is C21H20FN5O3S. The van der Waals surface area contributed by atoms with Crippen LogP contribution in [-0.2, 0) is 9.84 Å². The minimum atomic E-state index is -3.35. The van der Waals surface area contributed by atoms with E-state index in [1.54, 1.807) is 29.2 Å². The highest BCUT2D eigenvalue weighted by Crippen LogP contribution is 2.23. The van der Waals surface area contributed by atoms with Gasteiger partial charge in [-0.1, -0.05) is 6.92 Å². The Hall–Kier alpha value is -3.53. The van der Waals surface area contributed by atoms with E-state index in [9.17, 15) is 17.6 Å². The molecule has 0 spiro atoms. The molecule has 8 nitrogen and oxygen atoms in total. The number of aromatic amines is 1. The molecule has 4 aromatic rings. The van der Waals surface area contributed by atoms with Gasteiger partial charge in [0.15, 0.2) is 9.84 Å². The van der Waals surface area contributed by atoms with Crippen molar-refractivity contribution in [2.75, 3.05) is 6.26 Å². The molecular weight excluding hydrogens is 421 g/mol. The number of nitrogens with one attached hydrogen (secondary N) is 2. The molecule has 0 aliphatic heterocycles. The van der Waals surface area contributed by atoms with Crippen molar-refractivity contribution in [3.05, 3.63) is 72.2 Å². The lowest BCUT2D eigenvalue weighted by Gasteiger charge is -2.16. The maximum Gasteiger partial charge on any atom is 0.254 e. The zero-order chi connectivity index (χ0) is 22.2. The van der Waals surface area contributed by atoms with Crippen LogP contribution in [0.3, 0.4) is 0 Å². The summed E-state index contributed by atoms with van der Waals surface area (Å²) < 4.78 is 38.3. The smallest absolute Gasteiger partial charge is 0.254 e. The van der Waals surface area contributed by atoms with Gasteiger partial charge in [-0.15, -0.1) is 0 Å². The molecule has 0 aliphatic rings. The molecule has 10 heteroatoms. The normalized spacial score (nSPS) is 12.7. The summed E-state index contributed by atoms with van der Waals surface area (Å²) >= 11 is 0. The van der Waals surface area contributed by atoms with Crippen LogP contribution in [0.1, 0.15) is 35.4 Å². The van der Waals surface area contributed by atoms with E-state index in [0.29, 0.717) is 34.3 Å². The van der Waals surface area contributed by atoms with Gasteiger partial charge in [0.05, 0.1) is 40.1 Å². The van der Waals surface area contributed by atoms with Gasteiger partial charge in [0.25, 0.3) is 5.91 Å². The molecule has 0 radical (unpaired) electrons. The Morgan fingerprint density at radius 3 is 2.61 bits per heavy atom. The highest BCUT2D eigenvalue weighted by Gasteiger charge is 2.21. The molecule has 2 N–H and O–H groups in total. The highest BCUT2D eigenvalue weighted by atomic mass is 32.2. The van der Waals surface area contributed by atoms with E-state index < -0.39 is 15.9 Å². The molecule has 31 heavy (non-hydrogen) atoms. The molecule has 160 valence electrons. The number of carbonyl (C=O) groups excluding carboxylic acids is 1. The van der Waals surface area contributed by atoms with Gasteiger partial charge in [-0.25, -0.2) is 17.5 Å². The van der Waals surface area contributed by atoms with E-state index in [2.05, 4.69) is 20.4 Å². The quantitative estimate of drug-likeness (QED) is 0.478. The summed E-state index contributed by atoms with van der Waals surface area (Å²) in [6, 6.07) is 6.96. The maximum atomic E-state index is 13.2. The molecule has 1 atom stereocenters. The van der Waals surface area contributed by atoms with Crippen LogP contribution in [0.4, 0.5) is 4.39 Å². The van der Waals surface area contributed by atoms with Gasteiger partial charge in [-0.2, -0.15) is 5.10 Å². The third-order valence-corrected chi connectivity index (χ3v) is 6.10. The predicted molar refractivity (Wildman–Crippen MR) is 113 cm³/mol. The van der Waals surface area contributed by atoms with Crippen LogP contribution < -0.4 is 5.32 Å². The molecule has 0 saturated carbocycles.